The van der Waals surface area contributed by atoms with Crippen LogP contribution < -0.4 is 0 Å². The molecule has 3 rings (SSSR count). The molecule has 2 N–H and O–H groups in total. The van der Waals surface area contributed by atoms with Crippen molar-refractivity contribution < 1.29 is 28.2 Å². The predicted octanol–water partition coefficient (Wildman–Crippen LogP) is 2.83. The number of aliphatic hydroxyl groups is 2. The summed E-state index contributed by atoms with van der Waals surface area (Å²) in [7, 11) is 0. The summed E-state index contributed by atoms with van der Waals surface area (Å²) in [4.78, 5) is 14.0. The van der Waals surface area contributed by atoms with Gasteiger partial charge in [-0.15, -0.1) is 10.2 Å². The molecule has 158 valence electrons. The highest BCUT2D eigenvalue weighted by Crippen LogP contribution is 2.55. The summed E-state index contributed by atoms with van der Waals surface area (Å²) in [5.74, 6) is -5.35. The van der Waals surface area contributed by atoms with Crippen LogP contribution in [-0.2, 0) is 11.4 Å². The summed E-state index contributed by atoms with van der Waals surface area (Å²) < 4.78 is 36.1. The maximum Gasteiger partial charge on any atom is 0.352 e. The molecule has 1 atom stereocenters. The maximum atomic E-state index is 15.4. The summed E-state index contributed by atoms with van der Waals surface area (Å²) in [6.45, 7) is 7.02. The van der Waals surface area contributed by atoms with Crippen LogP contribution in [0.1, 0.15) is 77.6 Å². The Hall–Kier alpha value is -1.61. The van der Waals surface area contributed by atoms with E-state index in [0.717, 1.165) is 4.90 Å². The summed E-state index contributed by atoms with van der Waals surface area (Å²) in [5.41, 5.74) is -3.46. The number of hydrogen-bond acceptors (Lipinski definition) is 6. The molecule has 1 aromatic rings. The third-order valence-electron chi connectivity index (χ3n) is 5.77. The van der Waals surface area contributed by atoms with Crippen LogP contribution in [0.5, 0.6) is 0 Å². The zero-order valence-corrected chi connectivity index (χ0v) is 16.8. The minimum absolute atomic E-state index is 0.0296. The first-order valence-electron chi connectivity index (χ1n) is 9.65. The highest BCUT2D eigenvalue weighted by atomic mass is 19.3. The van der Waals surface area contributed by atoms with E-state index in [2.05, 4.69) is 10.2 Å². The summed E-state index contributed by atoms with van der Waals surface area (Å²) in [6, 6.07) is -0.778. The second-order valence-corrected chi connectivity index (χ2v) is 9.81. The number of likely N-dealkylation sites (tertiary alicyclic amines) is 1. The van der Waals surface area contributed by atoms with Gasteiger partial charge in [0.1, 0.15) is 18.2 Å². The van der Waals surface area contributed by atoms with Gasteiger partial charge in [-0.05, 0) is 42.9 Å². The van der Waals surface area contributed by atoms with E-state index in [4.69, 9.17) is 9.52 Å². The smallest absolute Gasteiger partial charge is 0.352 e. The van der Waals surface area contributed by atoms with E-state index in [-0.39, 0.29) is 31.2 Å². The third kappa shape index (κ3) is 3.66. The summed E-state index contributed by atoms with van der Waals surface area (Å²) >= 11 is 0. The molecular weight excluding hydrogens is 372 g/mol. The molecule has 9 heteroatoms. The Labute approximate surface area is 163 Å². The van der Waals surface area contributed by atoms with Gasteiger partial charge < -0.3 is 19.5 Å². The van der Waals surface area contributed by atoms with E-state index in [9.17, 15) is 9.90 Å². The summed E-state index contributed by atoms with van der Waals surface area (Å²) in [5, 5.41) is 27.5. The fraction of sp³-hybridized carbons (Fsp3) is 0.842. The predicted molar refractivity (Wildman–Crippen MR) is 95.2 cm³/mol. The second-order valence-electron chi connectivity index (χ2n) is 9.81. The maximum absolute atomic E-state index is 15.4. The van der Waals surface area contributed by atoms with Gasteiger partial charge in [0, 0.05) is 6.54 Å². The largest absolute Gasteiger partial charge is 0.420 e. The van der Waals surface area contributed by atoms with Gasteiger partial charge >= 0.3 is 5.92 Å². The van der Waals surface area contributed by atoms with Gasteiger partial charge in [0.25, 0.3) is 5.91 Å². The van der Waals surface area contributed by atoms with Gasteiger partial charge in [-0.1, -0.05) is 27.7 Å². The Morgan fingerprint density at radius 1 is 1.21 bits per heavy atom. The highest BCUT2D eigenvalue weighted by molar-refractivity contribution is 5.85. The number of aliphatic hydroxyl groups excluding tert-OH is 1. The third-order valence-corrected chi connectivity index (χ3v) is 5.77. The van der Waals surface area contributed by atoms with Crippen LogP contribution >= 0.6 is 0 Å². The fourth-order valence-corrected chi connectivity index (χ4v) is 5.40. The van der Waals surface area contributed by atoms with Crippen LogP contribution in [0, 0.1) is 10.8 Å². The molecule has 1 aromatic heterocycles. The molecule has 1 aliphatic carbocycles. The Morgan fingerprint density at radius 3 is 2.36 bits per heavy atom. The summed E-state index contributed by atoms with van der Waals surface area (Å²) in [6.07, 6.45) is 1.29. The number of carbonyl (C=O) groups is 1. The van der Waals surface area contributed by atoms with Crippen molar-refractivity contribution in [3.8, 4) is 0 Å². The van der Waals surface area contributed by atoms with Crippen molar-refractivity contribution in [2.45, 2.75) is 84.0 Å². The fourth-order valence-electron chi connectivity index (χ4n) is 5.40. The molecule has 2 aliphatic rings. The quantitative estimate of drug-likeness (QED) is 0.805. The standard InChI is InChI=1S/C19H29F2N3O4/c1-16(2)9-17(3,4)11-18(27,10-16)19(20,21)15(26)24-7-5-6-12(24)14-23-22-13(8-25)28-14/h12,25,27H,5-11H2,1-4H3/t12-/m0/s1. The molecule has 1 saturated heterocycles. The van der Waals surface area contributed by atoms with Gasteiger partial charge in [-0.3, -0.25) is 4.79 Å². The number of halogens is 2. The van der Waals surface area contributed by atoms with Crippen molar-refractivity contribution in [3.05, 3.63) is 11.8 Å². The number of alkyl halides is 2. The molecule has 0 spiro atoms. The lowest BCUT2D eigenvalue weighted by Gasteiger charge is -2.51. The van der Waals surface area contributed by atoms with Crippen LogP contribution in [0.3, 0.4) is 0 Å². The number of aromatic nitrogens is 2. The van der Waals surface area contributed by atoms with Crippen LogP contribution in [0.2, 0.25) is 0 Å². The molecule has 0 bridgehead atoms. The molecule has 1 saturated carbocycles. The van der Waals surface area contributed by atoms with Gasteiger partial charge in [-0.2, -0.15) is 8.78 Å². The molecule has 0 radical (unpaired) electrons. The van der Waals surface area contributed by atoms with Crippen molar-refractivity contribution >= 4 is 5.91 Å². The van der Waals surface area contributed by atoms with Crippen molar-refractivity contribution in [1.29, 1.82) is 0 Å². The van der Waals surface area contributed by atoms with E-state index in [1.165, 1.54) is 0 Å². The van der Waals surface area contributed by atoms with Crippen molar-refractivity contribution in [1.82, 2.24) is 15.1 Å². The first-order chi connectivity index (χ1) is 12.8. The Bertz CT molecular complexity index is 731. The van der Waals surface area contributed by atoms with Crippen LogP contribution in [0.15, 0.2) is 4.42 Å². The number of rotatable bonds is 4. The number of carbonyl (C=O) groups excluding carboxylic acids is 1. The Balaban J connectivity index is 1.89. The SMILES string of the molecule is CC1(C)CC(C)(C)CC(O)(C(F)(F)C(=O)N2CCC[C@H]2c2nnc(CO)o2)C1. The monoisotopic (exact) mass is 401 g/mol. The first-order valence-corrected chi connectivity index (χ1v) is 9.65. The van der Waals surface area contributed by atoms with Crippen LogP contribution in [-0.4, -0.2) is 49.3 Å². The van der Waals surface area contributed by atoms with Gasteiger partial charge in [0.2, 0.25) is 11.8 Å². The normalized spacial score (nSPS) is 26.4. The van der Waals surface area contributed by atoms with E-state index in [1.807, 2.05) is 27.7 Å². The molecule has 1 amide bonds. The molecule has 7 nitrogen and oxygen atoms in total. The van der Waals surface area contributed by atoms with E-state index in [0.29, 0.717) is 19.3 Å². The van der Waals surface area contributed by atoms with E-state index in [1.54, 1.807) is 0 Å². The molecule has 2 fully saturated rings. The number of amides is 1. The molecular formula is C19H29F2N3O4. The first kappa shape index (κ1) is 21.1. The average molecular weight is 401 g/mol. The van der Waals surface area contributed by atoms with E-state index >= 15 is 8.78 Å². The Morgan fingerprint density at radius 2 is 1.82 bits per heavy atom. The van der Waals surface area contributed by atoms with Gasteiger partial charge in [-0.25, -0.2) is 0 Å². The van der Waals surface area contributed by atoms with Crippen molar-refractivity contribution in [2.24, 2.45) is 10.8 Å². The van der Waals surface area contributed by atoms with Gasteiger partial charge in [0.05, 0.1) is 0 Å². The Kier molecular flexibility index (Phi) is 5.07. The molecule has 1 aliphatic heterocycles. The zero-order valence-electron chi connectivity index (χ0n) is 16.8. The lowest BCUT2D eigenvalue weighted by molar-refractivity contribution is -0.231. The molecule has 28 heavy (non-hydrogen) atoms. The molecule has 2 heterocycles. The van der Waals surface area contributed by atoms with Crippen LogP contribution in [0.4, 0.5) is 8.78 Å². The van der Waals surface area contributed by atoms with Gasteiger partial charge in [0.15, 0.2) is 0 Å². The average Bonchev–Trinajstić information content (AvgIpc) is 3.19. The second kappa shape index (κ2) is 6.73. The minimum atomic E-state index is -3.94. The lowest BCUT2D eigenvalue weighted by atomic mass is 9.58. The van der Waals surface area contributed by atoms with Crippen molar-refractivity contribution in [2.75, 3.05) is 6.54 Å². The lowest BCUT2D eigenvalue weighted by Crippen LogP contribution is -2.62. The highest BCUT2D eigenvalue weighted by Gasteiger charge is 2.65. The molecule has 0 unspecified atom stereocenters. The molecule has 0 aromatic carbocycles. The number of hydrogen-bond donors (Lipinski definition) is 2. The topological polar surface area (TPSA) is 99.7 Å². The van der Waals surface area contributed by atoms with Crippen molar-refractivity contribution in [3.63, 3.8) is 0 Å². The van der Waals surface area contributed by atoms with E-state index < -0.39 is 40.9 Å². The number of nitrogens with zero attached hydrogens (tertiary/aromatic N) is 3. The zero-order chi connectivity index (χ0) is 21.0. The van der Waals surface area contributed by atoms with Crippen LogP contribution in [0.25, 0.3) is 0 Å². The minimum Gasteiger partial charge on any atom is -0.420 e.